The van der Waals surface area contributed by atoms with Crippen LogP contribution in [0.15, 0.2) is 60.7 Å². The summed E-state index contributed by atoms with van der Waals surface area (Å²) >= 11 is 6.03. The van der Waals surface area contributed by atoms with Gasteiger partial charge in [0, 0.05) is 17.3 Å². The van der Waals surface area contributed by atoms with Gasteiger partial charge in [0.1, 0.15) is 0 Å². The van der Waals surface area contributed by atoms with Gasteiger partial charge in [0.2, 0.25) is 5.88 Å². The lowest BCUT2D eigenvalue weighted by molar-refractivity contribution is 0.262. The number of nitrogens with zero attached hydrogens (tertiary/aromatic N) is 2. The number of anilines is 2. The molecule has 0 unspecified atom stereocenters. The van der Waals surface area contributed by atoms with E-state index in [1.165, 1.54) is 0 Å². The Balaban J connectivity index is 1.64. The summed E-state index contributed by atoms with van der Waals surface area (Å²) in [4.78, 5) is 12.1. The van der Waals surface area contributed by atoms with Crippen LogP contribution in [0.5, 0.6) is 5.88 Å². The Morgan fingerprint density at radius 3 is 2.42 bits per heavy atom. The van der Waals surface area contributed by atoms with E-state index in [1.807, 2.05) is 25.1 Å². The molecule has 2 aromatic carbocycles. The van der Waals surface area contributed by atoms with Crippen LogP contribution in [-0.4, -0.2) is 22.8 Å². The number of carbonyl (C=O) groups excluding carboxylic acids is 1. The summed E-state index contributed by atoms with van der Waals surface area (Å²) in [6.45, 7) is 2.44. The van der Waals surface area contributed by atoms with Crippen LogP contribution in [-0.2, 0) is 0 Å². The van der Waals surface area contributed by atoms with Crippen molar-refractivity contribution in [2.45, 2.75) is 6.92 Å². The second-order valence-corrected chi connectivity index (χ2v) is 5.73. The number of hydrogen-bond donors (Lipinski definition) is 2. The molecule has 0 atom stereocenters. The van der Waals surface area contributed by atoms with Crippen LogP contribution in [0.3, 0.4) is 0 Å². The average Bonchev–Trinajstić information content (AvgIpc) is 2.65. The Morgan fingerprint density at radius 1 is 1.00 bits per heavy atom. The standard InChI is InChI=1S/C19H17ClN4O2/c1-2-26-18-12-11-16(23-24-18)13-7-9-14(10-8-13)21-19(25)22-17-6-4-3-5-15(17)20/h3-12H,2H2,1H3,(H2,21,22,25). The Bertz CT molecular complexity index is 883. The molecular formula is C19H17ClN4O2. The zero-order chi connectivity index (χ0) is 18.4. The van der Waals surface area contributed by atoms with E-state index in [1.54, 1.807) is 42.5 Å². The molecule has 0 spiro atoms. The molecule has 0 aliphatic carbocycles. The second kappa shape index (κ2) is 8.31. The molecule has 2 amide bonds. The first-order chi connectivity index (χ1) is 12.7. The summed E-state index contributed by atoms with van der Waals surface area (Å²) in [7, 11) is 0. The van der Waals surface area contributed by atoms with Gasteiger partial charge in [-0.25, -0.2) is 4.79 Å². The Morgan fingerprint density at radius 2 is 1.77 bits per heavy atom. The van der Waals surface area contributed by atoms with Crippen molar-refractivity contribution in [1.82, 2.24) is 10.2 Å². The van der Waals surface area contributed by atoms with Gasteiger partial charge in [-0.1, -0.05) is 35.9 Å². The molecule has 0 saturated heterocycles. The molecular weight excluding hydrogens is 352 g/mol. The predicted molar refractivity (Wildman–Crippen MR) is 103 cm³/mol. The van der Waals surface area contributed by atoms with Gasteiger partial charge < -0.3 is 15.4 Å². The molecule has 1 heterocycles. The van der Waals surface area contributed by atoms with Gasteiger partial charge in [-0.3, -0.25) is 0 Å². The van der Waals surface area contributed by atoms with E-state index < -0.39 is 0 Å². The van der Waals surface area contributed by atoms with Gasteiger partial charge in [-0.2, -0.15) is 0 Å². The fourth-order valence-corrected chi connectivity index (χ4v) is 2.45. The number of benzene rings is 2. The maximum atomic E-state index is 12.1. The number of halogens is 1. The molecule has 0 aliphatic heterocycles. The average molecular weight is 369 g/mol. The van der Waals surface area contributed by atoms with Gasteiger partial charge in [0.15, 0.2) is 0 Å². The minimum absolute atomic E-state index is 0.369. The molecule has 132 valence electrons. The Kier molecular flexibility index (Phi) is 5.66. The lowest BCUT2D eigenvalue weighted by atomic mass is 10.1. The lowest BCUT2D eigenvalue weighted by Gasteiger charge is -2.09. The maximum absolute atomic E-state index is 12.1. The van der Waals surface area contributed by atoms with Gasteiger partial charge in [-0.05, 0) is 37.3 Å². The maximum Gasteiger partial charge on any atom is 0.323 e. The van der Waals surface area contributed by atoms with E-state index in [0.29, 0.717) is 28.9 Å². The highest BCUT2D eigenvalue weighted by Gasteiger charge is 2.06. The minimum Gasteiger partial charge on any atom is -0.477 e. The van der Waals surface area contributed by atoms with Crippen LogP contribution >= 0.6 is 11.6 Å². The van der Waals surface area contributed by atoms with Crippen molar-refractivity contribution in [3.8, 4) is 17.1 Å². The Hall–Kier alpha value is -3.12. The molecule has 0 bridgehead atoms. The molecule has 2 N–H and O–H groups in total. The van der Waals surface area contributed by atoms with Crippen LogP contribution in [0.2, 0.25) is 5.02 Å². The zero-order valence-corrected chi connectivity index (χ0v) is 14.8. The fraction of sp³-hybridized carbons (Fsp3) is 0.105. The minimum atomic E-state index is -0.369. The zero-order valence-electron chi connectivity index (χ0n) is 14.1. The van der Waals surface area contributed by atoms with E-state index in [-0.39, 0.29) is 6.03 Å². The van der Waals surface area contributed by atoms with Gasteiger partial charge in [-0.15, -0.1) is 10.2 Å². The number of para-hydroxylation sites is 1. The summed E-state index contributed by atoms with van der Waals surface area (Å²) in [5, 5.41) is 14.1. The van der Waals surface area contributed by atoms with Crippen molar-refractivity contribution in [3.05, 3.63) is 65.7 Å². The number of hydrogen-bond acceptors (Lipinski definition) is 4. The van der Waals surface area contributed by atoms with Crippen LogP contribution in [0.4, 0.5) is 16.2 Å². The summed E-state index contributed by atoms with van der Waals surface area (Å²) in [6, 6.07) is 17.6. The second-order valence-electron chi connectivity index (χ2n) is 5.33. The smallest absolute Gasteiger partial charge is 0.323 e. The lowest BCUT2D eigenvalue weighted by Crippen LogP contribution is -2.19. The van der Waals surface area contributed by atoms with Crippen molar-refractivity contribution in [2.24, 2.45) is 0 Å². The first-order valence-corrected chi connectivity index (χ1v) is 8.43. The van der Waals surface area contributed by atoms with Crippen molar-refractivity contribution in [1.29, 1.82) is 0 Å². The van der Waals surface area contributed by atoms with Crippen molar-refractivity contribution < 1.29 is 9.53 Å². The van der Waals surface area contributed by atoms with Crippen LogP contribution in [0.25, 0.3) is 11.3 Å². The third-order valence-electron chi connectivity index (χ3n) is 3.49. The largest absolute Gasteiger partial charge is 0.477 e. The van der Waals surface area contributed by atoms with Gasteiger partial charge in [0.25, 0.3) is 0 Å². The number of amides is 2. The number of aromatic nitrogens is 2. The van der Waals surface area contributed by atoms with Crippen LogP contribution in [0, 0.1) is 0 Å². The highest BCUT2D eigenvalue weighted by Crippen LogP contribution is 2.22. The third-order valence-corrected chi connectivity index (χ3v) is 3.82. The molecule has 26 heavy (non-hydrogen) atoms. The number of urea groups is 1. The number of ether oxygens (including phenoxy) is 1. The summed E-state index contributed by atoms with van der Waals surface area (Å²) in [6.07, 6.45) is 0. The van der Waals surface area contributed by atoms with E-state index in [0.717, 1.165) is 11.3 Å². The van der Waals surface area contributed by atoms with Crippen molar-refractivity contribution in [2.75, 3.05) is 17.2 Å². The Labute approximate surface area is 156 Å². The monoisotopic (exact) mass is 368 g/mol. The predicted octanol–water partition coefficient (Wildman–Crippen LogP) is 4.84. The number of carbonyl (C=O) groups is 1. The topological polar surface area (TPSA) is 76.1 Å². The third kappa shape index (κ3) is 4.49. The number of rotatable bonds is 5. The molecule has 0 saturated carbocycles. The molecule has 7 heteroatoms. The van der Waals surface area contributed by atoms with Crippen LogP contribution < -0.4 is 15.4 Å². The van der Waals surface area contributed by atoms with E-state index in [4.69, 9.17) is 16.3 Å². The quantitative estimate of drug-likeness (QED) is 0.675. The van der Waals surface area contributed by atoms with Gasteiger partial charge >= 0.3 is 6.03 Å². The van der Waals surface area contributed by atoms with Gasteiger partial charge in [0.05, 0.1) is 23.0 Å². The molecule has 3 rings (SSSR count). The van der Waals surface area contributed by atoms with Crippen molar-refractivity contribution in [3.63, 3.8) is 0 Å². The first kappa shape index (κ1) is 17.7. The normalized spacial score (nSPS) is 10.2. The molecule has 0 aliphatic rings. The molecule has 0 radical (unpaired) electrons. The van der Waals surface area contributed by atoms with Crippen LogP contribution in [0.1, 0.15) is 6.92 Å². The SMILES string of the molecule is CCOc1ccc(-c2ccc(NC(=O)Nc3ccccc3Cl)cc2)nn1. The number of nitrogens with one attached hydrogen (secondary N) is 2. The summed E-state index contributed by atoms with van der Waals surface area (Å²) < 4.78 is 5.28. The molecule has 1 aromatic heterocycles. The molecule has 6 nitrogen and oxygen atoms in total. The fourth-order valence-electron chi connectivity index (χ4n) is 2.27. The molecule has 3 aromatic rings. The highest BCUT2D eigenvalue weighted by atomic mass is 35.5. The molecule has 0 fully saturated rings. The van der Waals surface area contributed by atoms with Crippen molar-refractivity contribution >= 4 is 29.0 Å². The highest BCUT2D eigenvalue weighted by molar-refractivity contribution is 6.33. The summed E-state index contributed by atoms with van der Waals surface area (Å²) in [5.74, 6) is 0.491. The van der Waals surface area contributed by atoms with E-state index >= 15 is 0 Å². The van der Waals surface area contributed by atoms with E-state index in [2.05, 4.69) is 20.8 Å². The van der Waals surface area contributed by atoms with E-state index in [9.17, 15) is 4.79 Å². The summed E-state index contributed by atoms with van der Waals surface area (Å²) in [5.41, 5.74) is 2.81. The first-order valence-electron chi connectivity index (χ1n) is 8.05.